The Morgan fingerprint density at radius 3 is 2.33 bits per heavy atom. The summed E-state index contributed by atoms with van der Waals surface area (Å²) in [5, 5.41) is 0. The van der Waals surface area contributed by atoms with Gasteiger partial charge in [-0.25, -0.2) is 18.7 Å². The van der Waals surface area contributed by atoms with Crippen LogP contribution in [0.5, 0.6) is 0 Å². The molecule has 1 aromatic heterocycles. The Kier molecular flexibility index (Phi) is 6.42. The molecule has 0 bridgehead atoms. The van der Waals surface area contributed by atoms with E-state index < -0.39 is 31.0 Å². The Balaban J connectivity index is 0.00000196. The van der Waals surface area contributed by atoms with E-state index in [0.717, 1.165) is 12.5 Å². The van der Waals surface area contributed by atoms with Crippen molar-refractivity contribution in [2.24, 2.45) is 0 Å². The predicted molar refractivity (Wildman–Crippen MR) is 39.8 cm³/mol. The van der Waals surface area contributed by atoms with Crippen LogP contribution in [0.1, 0.15) is 17.7 Å². The monoisotopic (exact) mass is 250 g/mol. The molecule has 0 atom stereocenters. The molecule has 0 unspecified atom stereocenters. The van der Waals surface area contributed by atoms with E-state index in [4.69, 9.17) is 0 Å². The molecule has 78 valence electrons. The third-order valence-electron chi connectivity index (χ3n) is 1.48. The molecule has 0 radical (unpaired) electrons. The van der Waals surface area contributed by atoms with Crippen molar-refractivity contribution >= 4 is 6.98 Å². The van der Waals surface area contributed by atoms with Crippen molar-refractivity contribution < 1.29 is 73.1 Å². The Labute approximate surface area is 125 Å². The summed E-state index contributed by atoms with van der Waals surface area (Å²) < 4.78 is 60.1. The minimum Gasteiger partial charge on any atom is -0.449 e. The number of hydrogen-bond acceptors (Lipinski definition) is 2. The van der Waals surface area contributed by atoms with Gasteiger partial charge in [-0.05, 0) is 5.56 Å². The first-order valence-electron chi connectivity index (χ1n) is 3.68. The van der Waals surface area contributed by atoms with Crippen molar-refractivity contribution in [3.8, 4) is 0 Å². The van der Waals surface area contributed by atoms with Crippen LogP contribution in [0, 0.1) is 0 Å². The summed E-state index contributed by atoms with van der Waals surface area (Å²) >= 11 is 0. The van der Waals surface area contributed by atoms with Crippen molar-refractivity contribution in [3.05, 3.63) is 23.8 Å². The largest absolute Gasteiger partial charge is 1.00 e. The maximum atomic E-state index is 12.2. The van der Waals surface area contributed by atoms with Crippen LogP contribution in [0.3, 0.4) is 0 Å². The van der Waals surface area contributed by atoms with Gasteiger partial charge in [-0.3, -0.25) is 0 Å². The van der Waals surface area contributed by atoms with Crippen LogP contribution in [-0.4, -0.2) is 16.9 Å². The van der Waals surface area contributed by atoms with E-state index in [2.05, 4.69) is 9.97 Å². The first-order chi connectivity index (χ1) is 6.40. The van der Waals surface area contributed by atoms with Crippen LogP contribution < -0.4 is 51.4 Å². The zero-order valence-corrected chi connectivity index (χ0v) is 10.9. The topological polar surface area (TPSA) is 25.8 Å². The summed E-state index contributed by atoms with van der Waals surface area (Å²) in [7, 11) is 0. The molecule has 0 spiro atoms. The molecule has 0 saturated carbocycles. The molecule has 1 rings (SSSR count). The molecule has 2 nitrogen and oxygen atoms in total. The standard InChI is InChI=1S/C6H5BF5N2.K/c8-6(9)5-4(1-7(10,11)12)2-13-3-14-5;/h2-3,6H,1H2;/q-1;+1. The van der Waals surface area contributed by atoms with Crippen LogP contribution >= 0.6 is 0 Å². The van der Waals surface area contributed by atoms with E-state index in [9.17, 15) is 21.7 Å². The van der Waals surface area contributed by atoms with Gasteiger partial charge < -0.3 is 12.9 Å². The summed E-state index contributed by atoms with van der Waals surface area (Å²) in [4.78, 5) is 6.39. The maximum Gasteiger partial charge on any atom is 1.00 e. The molecule has 0 aliphatic carbocycles. The summed E-state index contributed by atoms with van der Waals surface area (Å²) in [6, 6.07) is 0. The van der Waals surface area contributed by atoms with E-state index in [0.29, 0.717) is 0 Å². The van der Waals surface area contributed by atoms with Gasteiger partial charge in [0.25, 0.3) is 6.43 Å². The SMILES string of the molecule is FC(F)c1ncncc1C[B-](F)(F)F.[K+]. The van der Waals surface area contributed by atoms with Gasteiger partial charge in [-0.2, -0.15) is 0 Å². The summed E-state index contributed by atoms with van der Waals surface area (Å²) in [6.45, 7) is -5.14. The maximum absolute atomic E-state index is 12.2. The minimum atomic E-state index is -5.14. The molecule has 9 heteroatoms. The molecule has 0 amide bonds. The quantitative estimate of drug-likeness (QED) is 0.526. The molecule has 0 aromatic carbocycles. The molecular formula is C6H5BF5KN2. The Morgan fingerprint density at radius 1 is 1.27 bits per heavy atom. The smallest absolute Gasteiger partial charge is 0.449 e. The molecule has 15 heavy (non-hydrogen) atoms. The number of halogens is 5. The number of nitrogens with zero attached hydrogens (tertiary/aromatic N) is 2. The van der Waals surface area contributed by atoms with Crippen molar-refractivity contribution in [1.29, 1.82) is 0 Å². The van der Waals surface area contributed by atoms with Crippen molar-refractivity contribution in [3.63, 3.8) is 0 Å². The minimum absolute atomic E-state index is 0. The van der Waals surface area contributed by atoms with Crippen molar-refractivity contribution in [2.45, 2.75) is 12.7 Å². The molecule has 0 fully saturated rings. The second kappa shape index (κ2) is 6.24. The molecular weight excluding hydrogens is 245 g/mol. The molecule has 0 aliphatic heterocycles. The first-order valence-corrected chi connectivity index (χ1v) is 3.68. The fraction of sp³-hybridized carbons (Fsp3) is 0.333. The average Bonchev–Trinajstić information content (AvgIpc) is 2.01. The summed E-state index contributed by atoms with van der Waals surface area (Å²) in [5.74, 6) is 0. The molecule has 0 N–H and O–H groups in total. The van der Waals surface area contributed by atoms with Gasteiger partial charge in [0.2, 0.25) is 0 Å². The van der Waals surface area contributed by atoms with E-state index in [-0.39, 0.29) is 51.4 Å². The third-order valence-corrected chi connectivity index (χ3v) is 1.48. The average molecular weight is 250 g/mol. The van der Waals surface area contributed by atoms with Crippen LogP contribution in [0.25, 0.3) is 0 Å². The van der Waals surface area contributed by atoms with E-state index in [1.807, 2.05) is 0 Å². The zero-order valence-electron chi connectivity index (χ0n) is 7.80. The molecule has 0 aliphatic rings. The molecule has 0 saturated heterocycles. The van der Waals surface area contributed by atoms with Gasteiger partial charge in [0.15, 0.2) is 0 Å². The normalized spacial score (nSPS) is 11.3. The predicted octanol–water partition coefficient (Wildman–Crippen LogP) is -0.653. The van der Waals surface area contributed by atoms with Gasteiger partial charge >= 0.3 is 58.4 Å². The van der Waals surface area contributed by atoms with Gasteiger partial charge in [-0.15, -0.1) is 0 Å². The van der Waals surface area contributed by atoms with Gasteiger partial charge in [0.1, 0.15) is 12.0 Å². The third kappa shape index (κ3) is 5.34. The number of rotatable bonds is 3. The van der Waals surface area contributed by atoms with Crippen LogP contribution in [0.4, 0.5) is 21.7 Å². The first kappa shape index (κ1) is 15.4. The summed E-state index contributed by atoms with van der Waals surface area (Å²) in [6.07, 6.45) is -2.82. The second-order valence-electron chi connectivity index (χ2n) is 2.65. The molecule has 1 aromatic rings. The number of alkyl halides is 2. The Hall–Kier alpha value is 0.431. The van der Waals surface area contributed by atoms with Crippen LogP contribution in [0.2, 0.25) is 0 Å². The van der Waals surface area contributed by atoms with E-state index in [1.165, 1.54) is 0 Å². The summed E-state index contributed by atoms with van der Waals surface area (Å²) in [5.41, 5.74) is -1.41. The van der Waals surface area contributed by atoms with E-state index >= 15 is 0 Å². The zero-order chi connectivity index (χ0) is 10.8. The van der Waals surface area contributed by atoms with Gasteiger partial charge in [-0.1, -0.05) is 6.32 Å². The Morgan fingerprint density at radius 2 is 1.87 bits per heavy atom. The molecule has 1 heterocycles. The van der Waals surface area contributed by atoms with E-state index in [1.54, 1.807) is 0 Å². The number of aromatic nitrogens is 2. The van der Waals surface area contributed by atoms with Gasteiger partial charge in [0.05, 0.1) is 0 Å². The van der Waals surface area contributed by atoms with Crippen LogP contribution in [0.15, 0.2) is 12.5 Å². The van der Waals surface area contributed by atoms with Crippen LogP contribution in [-0.2, 0) is 6.32 Å². The van der Waals surface area contributed by atoms with Crippen molar-refractivity contribution in [2.75, 3.05) is 0 Å². The second-order valence-corrected chi connectivity index (χ2v) is 2.65. The number of hydrogen-bond donors (Lipinski definition) is 0. The fourth-order valence-electron chi connectivity index (χ4n) is 0.971. The van der Waals surface area contributed by atoms with Gasteiger partial charge in [0, 0.05) is 6.20 Å². The Bertz CT molecular complexity index is 319. The van der Waals surface area contributed by atoms with Crippen molar-refractivity contribution in [1.82, 2.24) is 9.97 Å². The fourth-order valence-corrected chi connectivity index (χ4v) is 0.971.